The first-order valence-corrected chi connectivity index (χ1v) is 11.1. The summed E-state index contributed by atoms with van der Waals surface area (Å²) in [7, 11) is -1.97. The molecule has 8 heteroatoms. The monoisotopic (exact) mass is 423 g/mol. The fourth-order valence-electron chi connectivity index (χ4n) is 3.35. The van der Waals surface area contributed by atoms with Crippen LogP contribution in [0.4, 0.5) is 5.69 Å². The summed E-state index contributed by atoms with van der Waals surface area (Å²) in [4.78, 5) is 4.88. The number of methoxy groups -OCH3 is 1. The summed E-state index contributed by atoms with van der Waals surface area (Å²) in [5, 5.41) is 0.738. The maximum Gasteiger partial charge on any atom is 0.240 e. The molecule has 0 aromatic heterocycles. The first kappa shape index (κ1) is 20.9. The fourth-order valence-corrected chi connectivity index (χ4v) is 4.72. The molecule has 1 saturated heterocycles. The first-order valence-electron chi connectivity index (χ1n) is 9.26. The summed E-state index contributed by atoms with van der Waals surface area (Å²) < 4.78 is 33.0. The maximum absolute atomic E-state index is 12.6. The van der Waals surface area contributed by atoms with Gasteiger partial charge in [0.2, 0.25) is 10.0 Å². The lowest BCUT2D eigenvalue weighted by atomic mass is 10.2. The Hall–Kier alpha value is -1.80. The summed E-state index contributed by atoms with van der Waals surface area (Å²) in [6.45, 7) is 6.44. The van der Waals surface area contributed by atoms with E-state index in [2.05, 4.69) is 14.5 Å². The van der Waals surface area contributed by atoms with E-state index in [9.17, 15) is 8.42 Å². The molecular formula is C20H26ClN3O3S. The number of benzene rings is 2. The number of rotatable bonds is 7. The van der Waals surface area contributed by atoms with Crippen molar-refractivity contribution in [3.8, 4) is 5.75 Å². The maximum atomic E-state index is 12.6. The highest BCUT2D eigenvalue weighted by Crippen LogP contribution is 2.21. The van der Waals surface area contributed by atoms with Gasteiger partial charge in [-0.25, -0.2) is 13.1 Å². The Morgan fingerprint density at radius 3 is 2.36 bits per heavy atom. The Bertz CT molecular complexity index is 895. The van der Waals surface area contributed by atoms with Crippen molar-refractivity contribution in [3.63, 3.8) is 0 Å². The molecule has 6 nitrogen and oxygen atoms in total. The highest BCUT2D eigenvalue weighted by Gasteiger charge is 2.20. The van der Waals surface area contributed by atoms with E-state index in [4.69, 9.17) is 16.3 Å². The van der Waals surface area contributed by atoms with Crippen molar-refractivity contribution in [3.05, 3.63) is 53.1 Å². The zero-order chi connectivity index (χ0) is 20.1. The molecule has 0 spiro atoms. The number of nitrogens with one attached hydrogen (secondary N) is 1. The Labute approximate surface area is 172 Å². The van der Waals surface area contributed by atoms with Crippen LogP contribution in [0.3, 0.4) is 0 Å². The molecule has 2 aromatic carbocycles. The summed E-state index contributed by atoms with van der Waals surface area (Å²) in [5.74, 6) is 0.648. The summed E-state index contributed by atoms with van der Waals surface area (Å²) >= 11 is 5.95. The number of piperazine rings is 1. The molecule has 1 fully saturated rings. The largest absolute Gasteiger partial charge is 0.497 e. The SMILES string of the molecule is COc1ccc(S(=O)(=O)NCCN2CCN(c3ccc(Cl)cc3)CC2)c(C)c1. The van der Waals surface area contributed by atoms with E-state index >= 15 is 0 Å². The average molecular weight is 424 g/mol. The van der Waals surface area contributed by atoms with E-state index in [0.717, 1.165) is 31.2 Å². The topological polar surface area (TPSA) is 61.9 Å². The van der Waals surface area contributed by atoms with E-state index in [1.807, 2.05) is 24.3 Å². The Morgan fingerprint density at radius 1 is 1.07 bits per heavy atom. The Morgan fingerprint density at radius 2 is 1.75 bits per heavy atom. The van der Waals surface area contributed by atoms with Crippen molar-refractivity contribution in [2.75, 3.05) is 51.3 Å². The molecule has 1 N–H and O–H groups in total. The van der Waals surface area contributed by atoms with E-state index in [1.165, 1.54) is 5.69 Å². The third-order valence-corrected chi connectivity index (χ3v) is 6.83. The van der Waals surface area contributed by atoms with Crippen molar-refractivity contribution < 1.29 is 13.2 Å². The number of halogens is 1. The highest BCUT2D eigenvalue weighted by molar-refractivity contribution is 7.89. The van der Waals surface area contributed by atoms with Gasteiger partial charge in [-0.3, -0.25) is 4.90 Å². The van der Waals surface area contributed by atoms with Crippen LogP contribution in [-0.2, 0) is 10.0 Å². The second-order valence-electron chi connectivity index (χ2n) is 6.83. The van der Waals surface area contributed by atoms with Crippen LogP contribution in [0, 0.1) is 6.92 Å². The van der Waals surface area contributed by atoms with Gasteiger partial charge in [0.05, 0.1) is 12.0 Å². The molecule has 0 unspecified atom stereocenters. The molecule has 152 valence electrons. The molecule has 1 heterocycles. The van der Waals surface area contributed by atoms with Gasteiger partial charge in [-0.15, -0.1) is 0 Å². The van der Waals surface area contributed by atoms with Crippen molar-refractivity contribution in [1.29, 1.82) is 0 Å². The molecule has 0 saturated carbocycles. The van der Waals surface area contributed by atoms with Crippen LogP contribution >= 0.6 is 11.6 Å². The molecule has 3 rings (SSSR count). The van der Waals surface area contributed by atoms with Gasteiger partial charge < -0.3 is 9.64 Å². The number of aryl methyl sites for hydroxylation is 1. The number of nitrogens with zero attached hydrogens (tertiary/aromatic N) is 2. The first-order chi connectivity index (χ1) is 13.4. The molecule has 2 aromatic rings. The molecule has 28 heavy (non-hydrogen) atoms. The minimum Gasteiger partial charge on any atom is -0.497 e. The van der Waals surface area contributed by atoms with Gasteiger partial charge in [0.15, 0.2) is 0 Å². The van der Waals surface area contributed by atoms with Crippen LogP contribution in [0.1, 0.15) is 5.56 Å². The van der Waals surface area contributed by atoms with Gasteiger partial charge in [-0.05, 0) is 55.0 Å². The normalized spacial score (nSPS) is 15.6. The lowest BCUT2D eigenvalue weighted by Crippen LogP contribution is -2.48. The average Bonchev–Trinajstić information content (AvgIpc) is 2.68. The molecule has 0 bridgehead atoms. The van der Waals surface area contributed by atoms with Gasteiger partial charge in [0, 0.05) is 50.0 Å². The van der Waals surface area contributed by atoms with Crippen molar-refractivity contribution in [2.45, 2.75) is 11.8 Å². The van der Waals surface area contributed by atoms with Crippen molar-refractivity contribution >= 4 is 27.3 Å². The standard InChI is InChI=1S/C20H26ClN3O3S/c1-16-15-19(27-2)7-8-20(16)28(25,26)22-9-10-23-11-13-24(14-12-23)18-5-3-17(21)4-6-18/h3-8,15,22H,9-14H2,1-2H3. The number of hydrogen-bond acceptors (Lipinski definition) is 5. The summed E-state index contributed by atoms with van der Waals surface area (Å²) in [5.41, 5.74) is 1.84. The molecule has 0 aliphatic carbocycles. The molecule has 1 aliphatic heterocycles. The van der Waals surface area contributed by atoms with Crippen molar-refractivity contribution in [1.82, 2.24) is 9.62 Å². The van der Waals surface area contributed by atoms with Crippen LogP contribution in [0.15, 0.2) is 47.4 Å². The second kappa shape index (κ2) is 9.13. The molecular weight excluding hydrogens is 398 g/mol. The van der Waals surface area contributed by atoms with Gasteiger partial charge >= 0.3 is 0 Å². The smallest absolute Gasteiger partial charge is 0.240 e. The van der Waals surface area contributed by atoms with Gasteiger partial charge in [-0.2, -0.15) is 0 Å². The number of ether oxygens (including phenoxy) is 1. The summed E-state index contributed by atoms with van der Waals surface area (Å²) in [6.07, 6.45) is 0. The molecule has 0 amide bonds. The number of anilines is 1. The Balaban J connectivity index is 1.48. The van der Waals surface area contributed by atoms with Crippen LogP contribution < -0.4 is 14.4 Å². The van der Waals surface area contributed by atoms with Crippen LogP contribution in [-0.4, -0.2) is 59.7 Å². The van der Waals surface area contributed by atoms with E-state index < -0.39 is 10.0 Å². The minimum atomic E-state index is -3.53. The Kier molecular flexibility index (Phi) is 6.82. The number of hydrogen-bond donors (Lipinski definition) is 1. The quantitative estimate of drug-likeness (QED) is 0.742. The van der Waals surface area contributed by atoms with E-state index in [-0.39, 0.29) is 0 Å². The lowest BCUT2D eigenvalue weighted by Gasteiger charge is -2.36. The predicted molar refractivity (Wildman–Crippen MR) is 113 cm³/mol. The molecule has 0 atom stereocenters. The summed E-state index contributed by atoms with van der Waals surface area (Å²) in [6, 6.07) is 12.8. The second-order valence-corrected chi connectivity index (χ2v) is 9.01. The zero-order valence-corrected chi connectivity index (χ0v) is 17.8. The van der Waals surface area contributed by atoms with Crippen LogP contribution in [0.2, 0.25) is 5.02 Å². The third-order valence-electron chi connectivity index (χ3n) is 4.96. The predicted octanol–water partition coefficient (Wildman–Crippen LogP) is 2.76. The number of sulfonamides is 1. The van der Waals surface area contributed by atoms with Gasteiger partial charge in [0.1, 0.15) is 5.75 Å². The lowest BCUT2D eigenvalue weighted by molar-refractivity contribution is 0.262. The van der Waals surface area contributed by atoms with Crippen LogP contribution in [0.25, 0.3) is 0 Å². The van der Waals surface area contributed by atoms with Gasteiger partial charge in [0.25, 0.3) is 0 Å². The fraction of sp³-hybridized carbons (Fsp3) is 0.400. The van der Waals surface area contributed by atoms with Gasteiger partial charge in [-0.1, -0.05) is 11.6 Å². The van der Waals surface area contributed by atoms with Crippen molar-refractivity contribution in [2.24, 2.45) is 0 Å². The highest BCUT2D eigenvalue weighted by atomic mass is 35.5. The minimum absolute atomic E-state index is 0.292. The van der Waals surface area contributed by atoms with Crippen LogP contribution in [0.5, 0.6) is 5.75 Å². The third kappa shape index (κ3) is 5.17. The van der Waals surface area contributed by atoms with E-state index in [0.29, 0.717) is 29.3 Å². The molecule has 0 radical (unpaired) electrons. The zero-order valence-electron chi connectivity index (χ0n) is 16.2. The molecule has 1 aliphatic rings. The van der Waals surface area contributed by atoms with E-state index in [1.54, 1.807) is 32.2 Å².